The van der Waals surface area contributed by atoms with Gasteiger partial charge in [0.05, 0.1) is 0 Å². The van der Waals surface area contributed by atoms with Crippen LogP contribution in [0.15, 0.2) is 16.5 Å². The third-order valence-electron chi connectivity index (χ3n) is 2.52. The van der Waals surface area contributed by atoms with Crippen LogP contribution in [0.25, 0.3) is 0 Å². The molecule has 1 unspecified atom stereocenters. The second kappa shape index (κ2) is 4.09. The summed E-state index contributed by atoms with van der Waals surface area (Å²) in [4.78, 5) is 12.6. The zero-order valence-corrected chi connectivity index (χ0v) is 8.92. The van der Waals surface area contributed by atoms with Gasteiger partial charge < -0.3 is 9.32 Å². The smallest absolute Gasteiger partial charge is 0.196 e. The van der Waals surface area contributed by atoms with Crippen LogP contribution in [-0.4, -0.2) is 30.9 Å². The summed E-state index contributed by atoms with van der Waals surface area (Å²) in [5.74, 6) is 1.23. The average molecular weight is 211 g/mol. The minimum atomic E-state index is 0.410. The SMILES string of the molecule is CSC1CCN(c2ccc(C=O)o2)C1. The Kier molecular flexibility index (Phi) is 2.82. The van der Waals surface area contributed by atoms with Gasteiger partial charge in [-0.05, 0) is 18.7 Å². The maximum atomic E-state index is 10.4. The number of carbonyl (C=O) groups is 1. The van der Waals surface area contributed by atoms with E-state index in [1.165, 1.54) is 6.42 Å². The van der Waals surface area contributed by atoms with Gasteiger partial charge in [0.2, 0.25) is 0 Å². The number of hydrogen-bond acceptors (Lipinski definition) is 4. The van der Waals surface area contributed by atoms with Crippen LogP contribution in [0.1, 0.15) is 17.0 Å². The summed E-state index contributed by atoms with van der Waals surface area (Å²) in [5, 5.41) is 0.694. The first-order valence-corrected chi connectivity index (χ1v) is 5.95. The number of carbonyl (C=O) groups excluding carboxylic acids is 1. The fraction of sp³-hybridized carbons (Fsp3) is 0.500. The molecule has 1 aliphatic heterocycles. The van der Waals surface area contributed by atoms with Crippen molar-refractivity contribution in [3.63, 3.8) is 0 Å². The highest BCUT2D eigenvalue weighted by Gasteiger charge is 2.23. The lowest BCUT2D eigenvalue weighted by atomic mass is 10.4. The van der Waals surface area contributed by atoms with Gasteiger partial charge in [0.25, 0.3) is 0 Å². The van der Waals surface area contributed by atoms with Crippen LogP contribution in [0.3, 0.4) is 0 Å². The Hall–Kier alpha value is -0.900. The van der Waals surface area contributed by atoms with Crippen molar-refractivity contribution in [2.75, 3.05) is 24.2 Å². The predicted octanol–water partition coefficient (Wildman–Crippen LogP) is 2.03. The summed E-state index contributed by atoms with van der Waals surface area (Å²) in [6.45, 7) is 2.05. The van der Waals surface area contributed by atoms with Crippen LogP contribution in [0.2, 0.25) is 0 Å². The topological polar surface area (TPSA) is 33.5 Å². The minimum absolute atomic E-state index is 0.410. The highest BCUT2D eigenvalue weighted by molar-refractivity contribution is 7.99. The first-order chi connectivity index (χ1) is 6.83. The Labute approximate surface area is 87.5 Å². The Bertz CT molecular complexity index is 324. The summed E-state index contributed by atoms with van der Waals surface area (Å²) in [6, 6.07) is 3.58. The maximum Gasteiger partial charge on any atom is 0.196 e. The number of thioether (sulfide) groups is 1. The fourth-order valence-electron chi connectivity index (χ4n) is 1.70. The molecule has 1 atom stereocenters. The van der Waals surface area contributed by atoms with E-state index in [1.807, 2.05) is 17.8 Å². The molecule has 76 valence electrons. The van der Waals surface area contributed by atoms with Gasteiger partial charge in [0.15, 0.2) is 17.9 Å². The van der Waals surface area contributed by atoms with Crippen LogP contribution in [0, 0.1) is 0 Å². The van der Waals surface area contributed by atoms with Crippen molar-refractivity contribution >= 4 is 23.9 Å². The molecular formula is C10H13NO2S. The van der Waals surface area contributed by atoms with Crippen molar-refractivity contribution in [3.8, 4) is 0 Å². The van der Waals surface area contributed by atoms with Gasteiger partial charge in [-0.15, -0.1) is 0 Å². The highest BCUT2D eigenvalue weighted by atomic mass is 32.2. The molecular weight excluding hydrogens is 198 g/mol. The van der Waals surface area contributed by atoms with Crippen LogP contribution in [0.5, 0.6) is 0 Å². The van der Waals surface area contributed by atoms with Crippen LogP contribution in [-0.2, 0) is 0 Å². The van der Waals surface area contributed by atoms with E-state index in [1.54, 1.807) is 6.07 Å². The molecule has 0 spiro atoms. The monoisotopic (exact) mass is 211 g/mol. The normalized spacial score (nSPS) is 21.5. The molecule has 14 heavy (non-hydrogen) atoms. The van der Waals surface area contributed by atoms with E-state index in [2.05, 4.69) is 11.2 Å². The van der Waals surface area contributed by atoms with Gasteiger partial charge in [-0.3, -0.25) is 4.79 Å². The van der Waals surface area contributed by atoms with Crippen LogP contribution < -0.4 is 4.90 Å². The van der Waals surface area contributed by atoms with Crippen LogP contribution in [0.4, 0.5) is 5.88 Å². The van der Waals surface area contributed by atoms with E-state index in [-0.39, 0.29) is 0 Å². The van der Waals surface area contributed by atoms with Crippen molar-refractivity contribution in [1.82, 2.24) is 0 Å². The molecule has 0 aliphatic carbocycles. The molecule has 0 saturated carbocycles. The summed E-state index contributed by atoms with van der Waals surface area (Å²) in [6.07, 6.45) is 4.07. The number of rotatable bonds is 3. The lowest BCUT2D eigenvalue weighted by Gasteiger charge is -2.13. The first-order valence-electron chi connectivity index (χ1n) is 4.66. The molecule has 0 N–H and O–H groups in total. The molecule has 2 heterocycles. The third kappa shape index (κ3) is 1.80. The molecule has 2 rings (SSSR count). The summed E-state index contributed by atoms with van der Waals surface area (Å²) < 4.78 is 5.36. The second-order valence-corrected chi connectivity index (χ2v) is 4.52. The van der Waals surface area contributed by atoms with Gasteiger partial charge in [-0.1, -0.05) is 0 Å². The zero-order valence-electron chi connectivity index (χ0n) is 8.10. The van der Waals surface area contributed by atoms with E-state index >= 15 is 0 Å². The fourth-order valence-corrected chi connectivity index (χ4v) is 2.37. The Balaban J connectivity index is 2.05. The average Bonchev–Trinajstić information content (AvgIpc) is 2.86. The molecule has 0 radical (unpaired) electrons. The Morgan fingerprint density at radius 1 is 1.64 bits per heavy atom. The number of anilines is 1. The van der Waals surface area contributed by atoms with E-state index in [0.29, 0.717) is 11.0 Å². The molecule has 0 amide bonds. The second-order valence-electron chi connectivity index (χ2n) is 3.39. The highest BCUT2D eigenvalue weighted by Crippen LogP contribution is 2.26. The third-order valence-corrected chi connectivity index (χ3v) is 3.57. The lowest BCUT2D eigenvalue weighted by Crippen LogP contribution is -2.19. The van der Waals surface area contributed by atoms with Crippen molar-refractivity contribution in [2.24, 2.45) is 0 Å². The molecule has 1 aliphatic rings. The number of aldehydes is 1. The van der Waals surface area contributed by atoms with Gasteiger partial charge in [0.1, 0.15) is 0 Å². The quantitative estimate of drug-likeness (QED) is 0.716. The predicted molar refractivity (Wildman–Crippen MR) is 58.2 cm³/mol. The molecule has 4 heteroatoms. The zero-order chi connectivity index (χ0) is 9.97. The lowest BCUT2D eigenvalue weighted by molar-refractivity contribution is 0.110. The van der Waals surface area contributed by atoms with E-state index in [0.717, 1.165) is 25.3 Å². The van der Waals surface area contributed by atoms with Crippen molar-refractivity contribution in [2.45, 2.75) is 11.7 Å². The molecule has 1 aromatic heterocycles. The maximum absolute atomic E-state index is 10.4. The van der Waals surface area contributed by atoms with E-state index in [9.17, 15) is 4.79 Å². The molecule has 0 aromatic carbocycles. The van der Waals surface area contributed by atoms with Crippen molar-refractivity contribution in [3.05, 3.63) is 17.9 Å². The molecule has 1 fully saturated rings. The minimum Gasteiger partial charge on any atom is -0.438 e. The van der Waals surface area contributed by atoms with Crippen molar-refractivity contribution in [1.29, 1.82) is 0 Å². The molecule has 1 aromatic rings. The van der Waals surface area contributed by atoms with Gasteiger partial charge in [-0.25, -0.2) is 0 Å². The molecule has 1 saturated heterocycles. The number of nitrogens with zero attached hydrogens (tertiary/aromatic N) is 1. The van der Waals surface area contributed by atoms with Crippen molar-refractivity contribution < 1.29 is 9.21 Å². The number of hydrogen-bond donors (Lipinski definition) is 0. The summed E-state index contributed by atoms with van der Waals surface area (Å²) in [7, 11) is 0. The van der Waals surface area contributed by atoms with Gasteiger partial charge >= 0.3 is 0 Å². The molecule has 3 nitrogen and oxygen atoms in total. The first kappa shape index (κ1) is 9.65. The Morgan fingerprint density at radius 3 is 3.07 bits per heavy atom. The largest absolute Gasteiger partial charge is 0.438 e. The van der Waals surface area contributed by atoms with E-state index < -0.39 is 0 Å². The van der Waals surface area contributed by atoms with E-state index in [4.69, 9.17) is 4.42 Å². The van der Waals surface area contributed by atoms with Crippen LogP contribution >= 0.6 is 11.8 Å². The van der Waals surface area contributed by atoms with Gasteiger partial charge in [-0.2, -0.15) is 11.8 Å². The standard InChI is InChI=1S/C10H13NO2S/c1-14-9-4-5-11(6-9)10-3-2-8(7-12)13-10/h2-3,7,9H,4-6H2,1H3. The Morgan fingerprint density at radius 2 is 2.50 bits per heavy atom. The molecule has 0 bridgehead atoms. The summed E-state index contributed by atoms with van der Waals surface area (Å²) >= 11 is 1.89. The summed E-state index contributed by atoms with van der Waals surface area (Å²) in [5.41, 5.74) is 0. The van der Waals surface area contributed by atoms with Gasteiger partial charge in [0, 0.05) is 24.4 Å². The number of furan rings is 1.